The number of hydrogen-bond donors (Lipinski definition) is 3. The fourth-order valence-corrected chi connectivity index (χ4v) is 4.04. The fourth-order valence-electron chi connectivity index (χ4n) is 4.04. The quantitative estimate of drug-likeness (QED) is 0.465. The molecule has 3 aromatic carbocycles. The van der Waals surface area contributed by atoms with Crippen LogP contribution in [0.15, 0.2) is 91.0 Å². The van der Waals surface area contributed by atoms with Crippen molar-refractivity contribution in [2.75, 3.05) is 0 Å². The van der Waals surface area contributed by atoms with Crippen molar-refractivity contribution >= 4 is 0 Å². The molecule has 1 aliphatic carbocycles. The second-order valence-corrected chi connectivity index (χ2v) is 8.26. The summed E-state index contributed by atoms with van der Waals surface area (Å²) in [6.07, 6.45) is -6.68. The van der Waals surface area contributed by atoms with Gasteiger partial charge in [-0.25, -0.2) is 0 Å². The first-order valence-corrected chi connectivity index (χ1v) is 11.1. The normalized spacial score (nSPS) is 27.4. The van der Waals surface area contributed by atoms with Gasteiger partial charge in [-0.1, -0.05) is 91.0 Å². The third-order valence-electron chi connectivity index (χ3n) is 5.88. The van der Waals surface area contributed by atoms with Crippen LogP contribution in [0.4, 0.5) is 0 Å². The van der Waals surface area contributed by atoms with Crippen LogP contribution in [-0.2, 0) is 34.0 Å². The monoisotopic (exact) mass is 450 g/mol. The molecule has 0 heterocycles. The maximum atomic E-state index is 10.8. The Labute approximate surface area is 194 Å². The molecule has 6 atom stereocenters. The summed E-state index contributed by atoms with van der Waals surface area (Å²) in [6, 6.07) is 28.8. The van der Waals surface area contributed by atoms with Gasteiger partial charge in [0.15, 0.2) is 0 Å². The molecule has 1 aliphatic rings. The van der Waals surface area contributed by atoms with Crippen LogP contribution >= 0.6 is 0 Å². The smallest absolute Gasteiger partial charge is 0.116 e. The van der Waals surface area contributed by atoms with E-state index < -0.39 is 36.6 Å². The molecule has 1 saturated carbocycles. The summed E-state index contributed by atoms with van der Waals surface area (Å²) >= 11 is 0. The van der Waals surface area contributed by atoms with E-state index in [1.807, 2.05) is 91.0 Å². The zero-order valence-corrected chi connectivity index (χ0v) is 18.3. The molecule has 0 spiro atoms. The number of aliphatic hydroxyl groups excluding tert-OH is 3. The van der Waals surface area contributed by atoms with Crippen LogP contribution in [0.5, 0.6) is 0 Å². The molecule has 0 bridgehead atoms. The molecule has 4 rings (SSSR count). The molecule has 0 aliphatic heterocycles. The Hall–Kier alpha value is -2.58. The first kappa shape index (κ1) is 23.6. The molecule has 1 fully saturated rings. The molecule has 3 N–H and O–H groups in total. The lowest BCUT2D eigenvalue weighted by molar-refractivity contribution is -0.263. The Kier molecular flexibility index (Phi) is 8.23. The molecular weight excluding hydrogens is 420 g/mol. The average molecular weight is 451 g/mol. The van der Waals surface area contributed by atoms with E-state index in [0.717, 1.165) is 16.7 Å². The van der Waals surface area contributed by atoms with Crippen LogP contribution in [0.3, 0.4) is 0 Å². The standard InChI is InChI=1S/C27H30O6/c28-22-23(29)25(31-16-19-10-4-1-5-11-19)27(33-18-21-14-8-3-9-15-21)26(24(22)30)32-17-20-12-6-2-7-13-20/h1-15,22-30H,16-18H2/t22?,23-,24-,25-,26+,27?/m1/s1. The molecule has 0 aromatic heterocycles. The molecule has 33 heavy (non-hydrogen) atoms. The van der Waals surface area contributed by atoms with E-state index in [4.69, 9.17) is 14.2 Å². The summed E-state index contributed by atoms with van der Waals surface area (Å²) in [6.45, 7) is 0.696. The van der Waals surface area contributed by atoms with Crippen molar-refractivity contribution in [1.82, 2.24) is 0 Å². The van der Waals surface area contributed by atoms with Gasteiger partial charge in [-0.2, -0.15) is 0 Å². The summed E-state index contributed by atoms with van der Waals surface area (Å²) in [5, 5.41) is 32.1. The second-order valence-electron chi connectivity index (χ2n) is 8.26. The van der Waals surface area contributed by atoms with Crippen molar-refractivity contribution in [3.63, 3.8) is 0 Å². The van der Waals surface area contributed by atoms with Gasteiger partial charge in [-0.3, -0.25) is 0 Å². The number of rotatable bonds is 9. The SMILES string of the molecule is OC1[C@@H](O)[C@H](OCc2ccccc2)C(OCc2ccccc2)[C@H](OCc2ccccc2)[C@@H]1O. The third kappa shape index (κ3) is 6.06. The number of ether oxygens (including phenoxy) is 3. The molecule has 174 valence electrons. The van der Waals surface area contributed by atoms with Crippen molar-refractivity contribution in [2.24, 2.45) is 0 Å². The summed E-state index contributed by atoms with van der Waals surface area (Å²) in [5.41, 5.74) is 2.79. The van der Waals surface area contributed by atoms with Crippen molar-refractivity contribution in [3.8, 4) is 0 Å². The van der Waals surface area contributed by atoms with Gasteiger partial charge in [-0.15, -0.1) is 0 Å². The van der Waals surface area contributed by atoms with Crippen molar-refractivity contribution in [3.05, 3.63) is 108 Å². The number of benzene rings is 3. The van der Waals surface area contributed by atoms with Crippen molar-refractivity contribution in [1.29, 1.82) is 0 Å². The van der Waals surface area contributed by atoms with Gasteiger partial charge in [0.25, 0.3) is 0 Å². The van der Waals surface area contributed by atoms with Gasteiger partial charge < -0.3 is 29.5 Å². The van der Waals surface area contributed by atoms with E-state index in [0.29, 0.717) is 0 Å². The number of hydrogen-bond acceptors (Lipinski definition) is 6. The Morgan fingerprint density at radius 1 is 0.424 bits per heavy atom. The summed E-state index contributed by atoms with van der Waals surface area (Å²) in [5.74, 6) is 0. The Morgan fingerprint density at radius 2 is 0.727 bits per heavy atom. The highest BCUT2D eigenvalue weighted by Gasteiger charge is 2.51. The van der Waals surface area contributed by atoms with Crippen LogP contribution in [0.1, 0.15) is 16.7 Å². The minimum absolute atomic E-state index is 0.224. The lowest BCUT2D eigenvalue weighted by Gasteiger charge is -2.45. The first-order valence-electron chi connectivity index (χ1n) is 11.1. The Balaban J connectivity index is 1.54. The minimum atomic E-state index is -1.43. The highest BCUT2D eigenvalue weighted by Crippen LogP contribution is 2.30. The lowest BCUT2D eigenvalue weighted by Crippen LogP contribution is -2.65. The van der Waals surface area contributed by atoms with Crippen LogP contribution < -0.4 is 0 Å². The molecule has 6 heteroatoms. The molecular formula is C27H30O6. The van der Waals surface area contributed by atoms with Crippen molar-refractivity contribution < 1.29 is 29.5 Å². The molecule has 0 radical (unpaired) electrons. The second kappa shape index (κ2) is 11.5. The van der Waals surface area contributed by atoms with Gasteiger partial charge in [0.05, 0.1) is 19.8 Å². The lowest BCUT2D eigenvalue weighted by atomic mass is 9.84. The number of aliphatic hydroxyl groups is 3. The topological polar surface area (TPSA) is 88.4 Å². The highest BCUT2D eigenvalue weighted by molar-refractivity contribution is 5.16. The van der Waals surface area contributed by atoms with E-state index in [1.165, 1.54) is 0 Å². The van der Waals surface area contributed by atoms with Crippen LogP contribution in [0, 0.1) is 0 Å². The van der Waals surface area contributed by atoms with Gasteiger partial charge in [-0.05, 0) is 16.7 Å². The summed E-state index contributed by atoms with van der Waals surface area (Å²) in [7, 11) is 0. The first-order chi connectivity index (χ1) is 16.1. The fraction of sp³-hybridized carbons (Fsp3) is 0.333. The predicted molar refractivity (Wildman–Crippen MR) is 123 cm³/mol. The van der Waals surface area contributed by atoms with Crippen LogP contribution in [-0.4, -0.2) is 51.9 Å². The summed E-state index contributed by atoms with van der Waals surface area (Å²) < 4.78 is 18.3. The minimum Gasteiger partial charge on any atom is -0.387 e. The Bertz CT molecular complexity index is 895. The van der Waals surface area contributed by atoms with Crippen LogP contribution in [0.2, 0.25) is 0 Å². The van der Waals surface area contributed by atoms with E-state index in [2.05, 4.69) is 0 Å². The van der Waals surface area contributed by atoms with E-state index in [1.54, 1.807) is 0 Å². The van der Waals surface area contributed by atoms with E-state index >= 15 is 0 Å². The summed E-state index contributed by atoms with van der Waals surface area (Å²) in [4.78, 5) is 0. The van der Waals surface area contributed by atoms with Gasteiger partial charge in [0.2, 0.25) is 0 Å². The maximum absolute atomic E-state index is 10.8. The molecule has 0 saturated heterocycles. The average Bonchev–Trinajstić information content (AvgIpc) is 2.87. The van der Waals surface area contributed by atoms with Gasteiger partial charge >= 0.3 is 0 Å². The predicted octanol–water partition coefficient (Wildman–Crippen LogP) is 2.84. The highest BCUT2D eigenvalue weighted by atomic mass is 16.6. The molecule has 0 amide bonds. The zero-order chi connectivity index (χ0) is 23.0. The Morgan fingerprint density at radius 3 is 1.06 bits per heavy atom. The zero-order valence-electron chi connectivity index (χ0n) is 18.3. The molecule has 6 nitrogen and oxygen atoms in total. The third-order valence-corrected chi connectivity index (χ3v) is 5.88. The van der Waals surface area contributed by atoms with Gasteiger partial charge in [0, 0.05) is 0 Å². The molecule has 3 aromatic rings. The van der Waals surface area contributed by atoms with Crippen LogP contribution in [0.25, 0.3) is 0 Å². The van der Waals surface area contributed by atoms with E-state index in [9.17, 15) is 15.3 Å². The largest absolute Gasteiger partial charge is 0.387 e. The molecule has 2 unspecified atom stereocenters. The van der Waals surface area contributed by atoms with Crippen molar-refractivity contribution in [2.45, 2.75) is 56.4 Å². The van der Waals surface area contributed by atoms with E-state index in [-0.39, 0.29) is 19.8 Å². The van der Waals surface area contributed by atoms with Gasteiger partial charge in [0.1, 0.15) is 36.6 Å². The maximum Gasteiger partial charge on any atom is 0.116 e.